The molecule has 87 heavy (non-hydrogen) atoms. The molecule has 0 aliphatic carbocycles. The minimum absolute atomic E-state index is 0.104. The molecule has 0 radical (unpaired) electrons. The van der Waals surface area contributed by atoms with Crippen LogP contribution in [0.25, 0.3) is 0 Å². The van der Waals surface area contributed by atoms with Crippen LogP contribution in [0.15, 0.2) is 0 Å². The Bertz CT molecular complexity index is 1700. The fourth-order valence-electron chi connectivity index (χ4n) is 10.2. The molecule has 3 N–H and O–H groups in total. The van der Waals surface area contributed by atoms with E-state index in [4.69, 9.17) is 37.0 Å². The molecule has 0 saturated carbocycles. The summed E-state index contributed by atoms with van der Waals surface area (Å²) in [5, 5.41) is 10.5. The third kappa shape index (κ3) is 60.1. The molecule has 0 aromatic rings. The van der Waals surface area contributed by atoms with E-state index in [-0.39, 0.29) is 25.7 Å². The fourth-order valence-corrected chi connectivity index (χ4v) is 11.8. The lowest BCUT2D eigenvalue weighted by atomic mass is 9.99. The molecule has 0 aliphatic rings. The zero-order valence-electron chi connectivity index (χ0n) is 56.3. The van der Waals surface area contributed by atoms with Crippen molar-refractivity contribution in [1.82, 2.24) is 0 Å². The SMILES string of the molecule is CCCCCCCCCCCCCCCCCCCCC(=O)O[C@H](COC(=O)CCCCCCCCCCC(C)CC)COP(=O)(O)OC[C@@H](O)COP(=O)(O)OC[C@@H](COC(=O)CCCCCCC)OC(=O)CCCCCCCCCCC(C)CC. The van der Waals surface area contributed by atoms with Crippen LogP contribution >= 0.6 is 15.6 Å². The number of aliphatic hydroxyl groups excluding tert-OH is 1. The number of phosphoric acid groups is 2. The summed E-state index contributed by atoms with van der Waals surface area (Å²) < 4.78 is 68.0. The van der Waals surface area contributed by atoms with E-state index in [0.717, 1.165) is 108 Å². The van der Waals surface area contributed by atoms with E-state index in [0.29, 0.717) is 25.7 Å². The molecule has 0 fully saturated rings. The number of unbranched alkanes of at least 4 members (excludes halogenated alkanes) is 35. The van der Waals surface area contributed by atoms with Gasteiger partial charge in [0.1, 0.15) is 19.3 Å². The smallest absolute Gasteiger partial charge is 0.462 e. The van der Waals surface area contributed by atoms with Gasteiger partial charge in [0.05, 0.1) is 26.4 Å². The van der Waals surface area contributed by atoms with Gasteiger partial charge in [-0.1, -0.05) is 292 Å². The zero-order chi connectivity index (χ0) is 64.3. The van der Waals surface area contributed by atoms with Gasteiger partial charge in [-0.15, -0.1) is 0 Å². The molecular weight excluding hydrogens is 1150 g/mol. The van der Waals surface area contributed by atoms with Gasteiger partial charge in [-0.05, 0) is 37.5 Å². The van der Waals surface area contributed by atoms with Gasteiger partial charge in [0, 0.05) is 25.7 Å². The molecule has 19 heteroatoms. The van der Waals surface area contributed by atoms with E-state index in [1.54, 1.807) is 0 Å². The van der Waals surface area contributed by atoms with Gasteiger partial charge in [0.15, 0.2) is 12.2 Å². The summed E-state index contributed by atoms with van der Waals surface area (Å²) in [5.74, 6) is -0.592. The van der Waals surface area contributed by atoms with Gasteiger partial charge < -0.3 is 33.8 Å². The molecule has 0 heterocycles. The monoisotopic (exact) mass is 1280 g/mol. The van der Waals surface area contributed by atoms with Crippen LogP contribution in [0.2, 0.25) is 0 Å². The Labute approximate surface area is 530 Å². The minimum Gasteiger partial charge on any atom is -0.462 e. The summed E-state index contributed by atoms with van der Waals surface area (Å²) in [6.45, 7) is 9.44. The Kier molecular flexibility index (Phi) is 59.0. The predicted octanol–water partition coefficient (Wildman–Crippen LogP) is 19.2. The van der Waals surface area contributed by atoms with E-state index >= 15 is 0 Å². The fraction of sp³-hybridized carbons (Fsp3) is 0.941. The third-order valence-corrected chi connectivity index (χ3v) is 18.3. The van der Waals surface area contributed by atoms with Crippen molar-refractivity contribution in [1.29, 1.82) is 0 Å². The lowest BCUT2D eigenvalue weighted by Gasteiger charge is -2.21. The van der Waals surface area contributed by atoms with Crippen molar-refractivity contribution in [2.24, 2.45) is 11.8 Å². The van der Waals surface area contributed by atoms with Crippen molar-refractivity contribution in [2.45, 2.75) is 362 Å². The lowest BCUT2D eigenvalue weighted by Crippen LogP contribution is -2.30. The van der Waals surface area contributed by atoms with Crippen LogP contribution in [0.1, 0.15) is 343 Å². The maximum atomic E-state index is 13.0. The number of carbonyl (C=O) groups is 4. The highest BCUT2D eigenvalue weighted by atomic mass is 31.2. The average molecular weight is 1280 g/mol. The van der Waals surface area contributed by atoms with Crippen LogP contribution < -0.4 is 0 Å². The van der Waals surface area contributed by atoms with Gasteiger partial charge in [0.2, 0.25) is 0 Å². The maximum absolute atomic E-state index is 13.0. The quantitative estimate of drug-likeness (QED) is 0.0222. The van der Waals surface area contributed by atoms with Gasteiger partial charge in [-0.2, -0.15) is 0 Å². The van der Waals surface area contributed by atoms with E-state index in [9.17, 15) is 43.2 Å². The largest absolute Gasteiger partial charge is 0.472 e. The van der Waals surface area contributed by atoms with Crippen LogP contribution in [-0.4, -0.2) is 96.7 Å². The molecule has 0 aromatic heterocycles. The number of phosphoric ester groups is 2. The van der Waals surface area contributed by atoms with Gasteiger partial charge in [0.25, 0.3) is 0 Å². The molecule has 0 bridgehead atoms. The summed E-state index contributed by atoms with van der Waals surface area (Å²) in [4.78, 5) is 72.2. The maximum Gasteiger partial charge on any atom is 0.472 e. The molecule has 0 spiro atoms. The van der Waals surface area contributed by atoms with E-state index < -0.39 is 97.5 Å². The van der Waals surface area contributed by atoms with Gasteiger partial charge in [-0.25, -0.2) is 9.13 Å². The molecule has 0 saturated heterocycles. The second-order valence-corrected chi connectivity index (χ2v) is 28.0. The molecule has 0 amide bonds. The molecule has 17 nitrogen and oxygen atoms in total. The Morgan fingerprint density at radius 1 is 0.322 bits per heavy atom. The van der Waals surface area contributed by atoms with Crippen molar-refractivity contribution in [3.8, 4) is 0 Å². The van der Waals surface area contributed by atoms with Crippen molar-refractivity contribution in [3.63, 3.8) is 0 Å². The van der Waals surface area contributed by atoms with Crippen molar-refractivity contribution in [3.05, 3.63) is 0 Å². The Morgan fingerprint density at radius 3 is 0.816 bits per heavy atom. The second kappa shape index (κ2) is 60.3. The minimum atomic E-state index is -4.95. The first-order valence-electron chi connectivity index (χ1n) is 35.6. The Balaban J connectivity index is 5.16. The molecule has 0 aromatic carbocycles. The van der Waals surface area contributed by atoms with Crippen LogP contribution in [0.4, 0.5) is 0 Å². The molecule has 4 unspecified atom stereocenters. The number of carbonyl (C=O) groups excluding carboxylic acids is 4. The zero-order valence-corrected chi connectivity index (χ0v) is 58.1. The lowest BCUT2D eigenvalue weighted by molar-refractivity contribution is -0.161. The van der Waals surface area contributed by atoms with Crippen molar-refractivity contribution >= 4 is 39.5 Å². The van der Waals surface area contributed by atoms with Gasteiger partial charge in [-0.3, -0.25) is 37.3 Å². The van der Waals surface area contributed by atoms with Gasteiger partial charge >= 0.3 is 39.5 Å². The van der Waals surface area contributed by atoms with Crippen molar-refractivity contribution < 1.29 is 80.2 Å². The van der Waals surface area contributed by atoms with Crippen LogP contribution in [-0.2, 0) is 65.4 Å². The first-order chi connectivity index (χ1) is 41.9. The average Bonchev–Trinajstić information content (AvgIpc) is 3.49. The molecule has 0 aliphatic heterocycles. The highest BCUT2D eigenvalue weighted by molar-refractivity contribution is 7.47. The molecule has 0 rings (SSSR count). The normalized spacial score (nSPS) is 14.8. The summed E-state index contributed by atoms with van der Waals surface area (Å²) in [5.41, 5.74) is 0. The molecular formula is C68H132O17P2. The number of ether oxygens (including phenoxy) is 4. The van der Waals surface area contributed by atoms with E-state index in [1.165, 1.54) is 154 Å². The number of hydrogen-bond acceptors (Lipinski definition) is 15. The van der Waals surface area contributed by atoms with Crippen LogP contribution in [0.3, 0.4) is 0 Å². The Hall–Kier alpha value is -1.94. The first kappa shape index (κ1) is 85.1. The summed E-state index contributed by atoms with van der Waals surface area (Å²) in [6.07, 6.45) is 44.8. The van der Waals surface area contributed by atoms with Crippen molar-refractivity contribution in [2.75, 3.05) is 39.6 Å². The van der Waals surface area contributed by atoms with Crippen LogP contribution in [0.5, 0.6) is 0 Å². The van der Waals surface area contributed by atoms with E-state index in [1.807, 2.05) is 0 Å². The topological polar surface area (TPSA) is 237 Å². The summed E-state index contributed by atoms with van der Waals surface area (Å²) in [7, 11) is -9.89. The number of hydrogen-bond donors (Lipinski definition) is 3. The third-order valence-electron chi connectivity index (χ3n) is 16.4. The predicted molar refractivity (Wildman–Crippen MR) is 349 cm³/mol. The molecule has 516 valence electrons. The Morgan fingerprint density at radius 2 is 0.552 bits per heavy atom. The standard InChI is InChI=1S/C68H132O17P2/c1-7-11-13-15-16-17-18-19-20-21-22-23-24-25-26-34-40-46-52-67(72)85-64(57-79-66(71)51-45-39-33-29-27-31-37-42-48-60(5)9-3)59-83-87(76,77)81-55-62(69)54-80-86(74,75)82-58-63(56-78-65(70)50-44-36-14-12-8-2)84-68(73)53-47-41-35-30-28-32-38-43-49-61(6)10-4/h60-64,69H,7-59H2,1-6H3,(H,74,75)(H,76,77)/t60?,61?,62-,63+,64+/m0/s1. The number of aliphatic hydroxyl groups is 1. The van der Waals surface area contributed by atoms with Crippen LogP contribution in [0, 0.1) is 11.8 Å². The highest BCUT2D eigenvalue weighted by Gasteiger charge is 2.30. The summed E-state index contributed by atoms with van der Waals surface area (Å²) >= 11 is 0. The highest BCUT2D eigenvalue weighted by Crippen LogP contribution is 2.45. The molecule has 7 atom stereocenters. The number of esters is 4. The first-order valence-corrected chi connectivity index (χ1v) is 38.6. The number of rotatable bonds is 67. The second-order valence-electron chi connectivity index (χ2n) is 25.0. The summed E-state index contributed by atoms with van der Waals surface area (Å²) in [6, 6.07) is 0. The van der Waals surface area contributed by atoms with E-state index in [2.05, 4.69) is 41.5 Å².